The Labute approximate surface area is 122 Å². The van der Waals surface area contributed by atoms with E-state index in [-0.39, 0.29) is 5.56 Å². The van der Waals surface area contributed by atoms with Gasteiger partial charge in [-0.25, -0.2) is 8.78 Å². The van der Waals surface area contributed by atoms with Crippen LogP contribution in [0.1, 0.15) is 22.8 Å². The number of benzene rings is 2. The normalized spacial score (nSPS) is 10.4. The van der Waals surface area contributed by atoms with Gasteiger partial charge in [0.05, 0.1) is 0 Å². The number of nitrogens with two attached hydrogens (primary N) is 1. The lowest BCUT2D eigenvalue weighted by Gasteiger charge is -2.21. The third-order valence-corrected chi connectivity index (χ3v) is 3.21. The lowest BCUT2D eigenvalue weighted by molar-refractivity contribution is 0.0751. The molecule has 0 unspecified atom stereocenters. The van der Waals surface area contributed by atoms with Crippen molar-refractivity contribution < 1.29 is 13.6 Å². The molecule has 0 atom stereocenters. The van der Waals surface area contributed by atoms with Crippen molar-refractivity contribution in [3.05, 3.63) is 65.2 Å². The van der Waals surface area contributed by atoms with Gasteiger partial charge < -0.3 is 10.6 Å². The quantitative estimate of drug-likeness (QED) is 0.879. The van der Waals surface area contributed by atoms with E-state index >= 15 is 0 Å². The summed E-state index contributed by atoms with van der Waals surface area (Å²) in [5, 5.41) is 0. The summed E-state index contributed by atoms with van der Waals surface area (Å²) in [6.45, 7) is 2.62. The van der Waals surface area contributed by atoms with Gasteiger partial charge in [0.1, 0.15) is 17.3 Å². The van der Waals surface area contributed by atoms with Gasteiger partial charge in [0.15, 0.2) is 0 Å². The molecule has 0 aliphatic carbocycles. The topological polar surface area (TPSA) is 46.3 Å². The third-order valence-electron chi connectivity index (χ3n) is 3.21. The molecule has 21 heavy (non-hydrogen) atoms. The number of carbonyl (C=O) groups excluding carboxylic acids is 1. The summed E-state index contributed by atoms with van der Waals surface area (Å²) in [5.41, 5.74) is 5.54. The van der Waals surface area contributed by atoms with Gasteiger partial charge in [-0.1, -0.05) is 30.3 Å². The highest BCUT2D eigenvalue weighted by molar-refractivity contribution is 5.94. The van der Waals surface area contributed by atoms with E-state index in [9.17, 15) is 13.6 Å². The number of amides is 1. The molecule has 0 radical (unpaired) electrons. The van der Waals surface area contributed by atoms with Crippen LogP contribution in [0.5, 0.6) is 0 Å². The lowest BCUT2D eigenvalue weighted by atomic mass is 10.1. The predicted octanol–water partition coefficient (Wildman–Crippen LogP) is 3.21. The summed E-state index contributed by atoms with van der Waals surface area (Å²) >= 11 is 0. The molecule has 2 N–H and O–H groups in total. The number of nitrogen functional groups attached to an aromatic ring is 1. The molecule has 0 aliphatic rings. The summed E-state index contributed by atoms with van der Waals surface area (Å²) < 4.78 is 26.9. The van der Waals surface area contributed by atoms with Gasteiger partial charge in [-0.15, -0.1) is 0 Å². The maximum Gasteiger partial charge on any atom is 0.254 e. The lowest BCUT2D eigenvalue weighted by Crippen LogP contribution is -2.30. The van der Waals surface area contributed by atoms with Crippen molar-refractivity contribution in [3.8, 4) is 0 Å². The van der Waals surface area contributed by atoms with Crippen LogP contribution in [0.3, 0.4) is 0 Å². The van der Waals surface area contributed by atoms with Gasteiger partial charge in [-0.3, -0.25) is 4.79 Å². The van der Waals surface area contributed by atoms with Crippen molar-refractivity contribution in [1.29, 1.82) is 0 Å². The van der Waals surface area contributed by atoms with Crippen LogP contribution in [-0.4, -0.2) is 17.4 Å². The summed E-state index contributed by atoms with van der Waals surface area (Å²) in [5.74, 6) is -2.28. The molecule has 0 aliphatic heterocycles. The second-order valence-electron chi connectivity index (χ2n) is 4.66. The van der Waals surface area contributed by atoms with Gasteiger partial charge in [0.2, 0.25) is 0 Å². The summed E-state index contributed by atoms with van der Waals surface area (Å²) in [4.78, 5) is 13.9. The Kier molecular flexibility index (Phi) is 4.52. The number of hydrogen-bond acceptors (Lipinski definition) is 2. The molecule has 0 heterocycles. The molecule has 2 aromatic carbocycles. The van der Waals surface area contributed by atoms with Crippen molar-refractivity contribution in [1.82, 2.24) is 4.90 Å². The van der Waals surface area contributed by atoms with Crippen LogP contribution < -0.4 is 5.73 Å². The van der Waals surface area contributed by atoms with Crippen LogP contribution in [0.15, 0.2) is 42.5 Å². The molecular formula is C16H16F2N2O. The first-order valence-electron chi connectivity index (χ1n) is 6.60. The highest BCUT2D eigenvalue weighted by atomic mass is 19.1. The highest BCUT2D eigenvalue weighted by Gasteiger charge is 2.18. The maximum atomic E-state index is 13.5. The first kappa shape index (κ1) is 15.0. The SMILES string of the molecule is CCN(Cc1ccccc1)C(=O)c1cc(F)c(N)c(F)c1. The Morgan fingerprint density at radius 2 is 1.71 bits per heavy atom. The Hall–Kier alpha value is -2.43. The van der Waals surface area contributed by atoms with Crippen LogP contribution in [0.25, 0.3) is 0 Å². The minimum Gasteiger partial charge on any atom is -0.394 e. The molecule has 0 saturated carbocycles. The predicted molar refractivity (Wildman–Crippen MR) is 77.6 cm³/mol. The molecular weight excluding hydrogens is 274 g/mol. The Bertz CT molecular complexity index is 621. The fourth-order valence-corrected chi connectivity index (χ4v) is 2.02. The van der Waals surface area contributed by atoms with Crippen molar-refractivity contribution in [2.45, 2.75) is 13.5 Å². The van der Waals surface area contributed by atoms with Crippen molar-refractivity contribution in [2.24, 2.45) is 0 Å². The fourth-order valence-electron chi connectivity index (χ4n) is 2.02. The van der Waals surface area contributed by atoms with E-state index in [1.807, 2.05) is 37.3 Å². The maximum absolute atomic E-state index is 13.5. The molecule has 2 rings (SSSR count). The van der Waals surface area contributed by atoms with Crippen LogP contribution in [0.2, 0.25) is 0 Å². The molecule has 2 aromatic rings. The molecule has 3 nitrogen and oxygen atoms in total. The highest BCUT2D eigenvalue weighted by Crippen LogP contribution is 2.19. The van der Waals surface area contributed by atoms with E-state index in [2.05, 4.69) is 0 Å². The Balaban J connectivity index is 2.24. The van der Waals surface area contributed by atoms with E-state index in [0.717, 1.165) is 17.7 Å². The van der Waals surface area contributed by atoms with Gasteiger partial charge in [0.25, 0.3) is 5.91 Å². The standard InChI is InChI=1S/C16H16F2N2O/c1-2-20(10-11-6-4-3-5-7-11)16(21)12-8-13(17)15(19)14(18)9-12/h3-9H,2,10,19H2,1H3. The van der Waals surface area contributed by atoms with Crippen molar-refractivity contribution >= 4 is 11.6 Å². The van der Waals surface area contributed by atoms with Crippen LogP contribution in [0.4, 0.5) is 14.5 Å². The fraction of sp³-hybridized carbons (Fsp3) is 0.188. The third kappa shape index (κ3) is 3.37. The minimum atomic E-state index is -0.922. The number of rotatable bonds is 4. The molecule has 0 saturated heterocycles. The zero-order valence-corrected chi connectivity index (χ0v) is 11.6. The first-order valence-corrected chi connectivity index (χ1v) is 6.60. The molecule has 1 amide bonds. The first-order chi connectivity index (χ1) is 10.0. The zero-order chi connectivity index (χ0) is 15.4. The second-order valence-corrected chi connectivity index (χ2v) is 4.66. The Morgan fingerprint density at radius 1 is 1.14 bits per heavy atom. The van der Waals surface area contributed by atoms with E-state index in [4.69, 9.17) is 5.73 Å². The van der Waals surface area contributed by atoms with Crippen LogP contribution in [-0.2, 0) is 6.54 Å². The van der Waals surface area contributed by atoms with Gasteiger partial charge in [-0.2, -0.15) is 0 Å². The monoisotopic (exact) mass is 290 g/mol. The minimum absolute atomic E-state index is 0.0445. The number of hydrogen-bond donors (Lipinski definition) is 1. The molecule has 0 spiro atoms. The van der Waals surface area contributed by atoms with Gasteiger partial charge >= 0.3 is 0 Å². The average Bonchev–Trinajstić information content (AvgIpc) is 2.50. The van der Waals surface area contributed by atoms with Crippen molar-refractivity contribution in [2.75, 3.05) is 12.3 Å². The number of carbonyl (C=O) groups is 1. The van der Waals surface area contributed by atoms with Gasteiger partial charge in [0, 0.05) is 18.7 Å². The van der Waals surface area contributed by atoms with Crippen LogP contribution in [0, 0.1) is 11.6 Å². The van der Waals surface area contributed by atoms with E-state index in [1.165, 1.54) is 4.90 Å². The van der Waals surface area contributed by atoms with Crippen LogP contribution >= 0.6 is 0 Å². The summed E-state index contributed by atoms with van der Waals surface area (Å²) in [7, 11) is 0. The summed E-state index contributed by atoms with van der Waals surface area (Å²) in [6.07, 6.45) is 0. The Morgan fingerprint density at radius 3 is 2.24 bits per heavy atom. The molecule has 110 valence electrons. The number of nitrogens with zero attached hydrogens (tertiary/aromatic N) is 1. The van der Waals surface area contributed by atoms with E-state index in [0.29, 0.717) is 13.1 Å². The second kappa shape index (κ2) is 6.35. The molecule has 0 bridgehead atoms. The summed E-state index contributed by atoms with van der Waals surface area (Å²) in [6, 6.07) is 11.3. The number of anilines is 1. The van der Waals surface area contributed by atoms with E-state index in [1.54, 1.807) is 0 Å². The average molecular weight is 290 g/mol. The molecule has 0 fully saturated rings. The largest absolute Gasteiger partial charge is 0.394 e. The van der Waals surface area contributed by atoms with Crippen molar-refractivity contribution in [3.63, 3.8) is 0 Å². The smallest absolute Gasteiger partial charge is 0.254 e. The van der Waals surface area contributed by atoms with Gasteiger partial charge in [-0.05, 0) is 24.6 Å². The van der Waals surface area contributed by atoms with E-state index < -0.39 is 23.2 Å². The zero-order valence-electron chi connectivity index (χ0n) is 11.6. The molecule has 0 aromatic heterocycles. The molecule has 5 heteroatoms. The number of halogens is 2.